The molecule has 3 atom stereocenters. The zero-order valence-corrected chi connectivity index (χ0v) is 14.0. The van der Waals surface area contributed by atoms with Crippen LogP contribution in [0.4, 0.5) is 8.78 Å². The van der Waals surface area contributed by atoms with Crippen LogP contribution < -0.4 is 5.32 Å². The Labute approximate surface area is 139 Å². The molecule has 1 heterocycles. The van der Waals surface area contributed by atoms with Crippen LogP contribution in [0.1, 0.15) is 42.9 Å². The van der Waals surface area contributed by atoms with Crippen LogP contribution in [0.3, 0.4) is 0 Å². The third kappa shape index (κ3) is 3.79. The van der Waals surface area contributed by atoms with Crippen molar-refractivity contribution in [1.82, 2.24) is 15.1 Å². The summed E-state index contributed by atoms with van der Waals surface area (Å²) in [5.41, 5.74) is 1.85. The van der Waals surface area contributed by atoms with E-state index >= 15 is 0 Å². The standard InChI is InChI=1S/C17H21F2N3O2/c1-9-7-10(2)22(21-9)12(4)17(24)20-11(3)16(23)13-5-6-14(18)15(19)8-13/h5-8,11-12,16,23H,1-4H3,(H,20,24). The fourth-order valence-electron chi connectivity index (χ4n) is 2.56. The van der Waals surface area contributed by atoms with Crippen LogP contribution in [0.15, 0.2) is 24.3 Å². The molecule has 0 aliphatic heterocycles. The van der Waals surface area contributed by atoms with Gasteiger partial charge in [0.2, 0.25) is 5.91 Å². The van der Waals surface area contributed by atoms with E-state index in [1.807, 2.05) is 19.9 Å². The molecular weight excluding hydrogens is 316 g/mol. The Morgan fingerprint density at radius 2 is 1.88 bits per heavy atom. The third-order valence-corrected chi connectivity index (χ3v) is 3.92. The number of aryl methyl sites for hydroxylation is 2. The van der Waals surface area contributed by atoms with E-state index in [-0.39, 0.29) is 11.5 Å². The molecule has 0 saturated heterocycles. The van der Waals surface area contributed by atoms with Crippen molar-refractivity contribution in [3.63, 3.8) is 0 Å². The minimum Gasteiger partial charge on any atom is -0.386 e. The maximum absolute atomic E-state index is 13.3. The molecule has 1 aromatic carbocycles. The summed E-state index contributed by atoms with van der Waals surface area (Å²) in [6.07, 6.45) is -1.16. The van der Waals surface area contributed by atoms with Crippen molar-refractivity contribution >= 4 is 5.91 Å². The second-order valence-electron chi connectivity index (χ2n) is 5.96. The summed E-state index contributed by atoms with van der Waals surface area (Å²) >= 11 is 0. The van der Waals surface area contributed by atoms with E-state index in [0.29, 0.717) is 0 Å². The minimum absolute atomic E-state index is 0.195. The first kappa shape index (κ1) is 18.1. The van der Waals surface area contributed by atoms with Gasteiger partial charge in [0.15, 0.2) is 11.6 Å². The highest BCUT2D eigenvalue weighted by atomic mass is 19.2. The normalized spacial score (nSPS) is 15.0. The van der Waals surface area contributed by atoms with Gasteiger partial charge in [-0.2, -0.15) is 5.10 Å². The number of hydrogen-bond acceptors (Lipinski definition) is 3. The quantitative estimate of drug-likeness (QED) is 0.881. The molecule has 0 aliphatic rings. The fourth-order valence-corrected chi connectivity index (χ4v) is 2.56. The molecule has 0 saturated carbocycles. The molecule has 0 fully saturated rings. The zero-order chi connectivity index (χ0) is 18.0. The SMILES string of the molecule is Cc1cc(C)n(C(C)C(=O)NC(C)C(O)c2ccc(F)c(F)c2)n1. The van der Waals surface area contributed by atoms with Crippen molar-refractivity contribution in [2.24, 2.45) is 0 Å². The molecule has 2 aromatic rings. The summed E-state index contributed by atoms with van der Waals surface area (Å²) in [4.78, 5) is 12.4. The topological polar surface area (TPSA) is 67.2 Å². The lowest BCUT2D eigenvalue weighted by Crippen LogP contribution is -2.41. The van der Waals surface area contributed by atoms with Gasteiger partial charge in [-0.3, -0.25) is 9.48 Å². The van der Waals surface area contributed by atoms with Crippen LogP contribution in [-0.2, 0) is 4.79 Å². The molecule has 0 aliphatic carbocycles. The van der Waals surface area contributed by atoms with Gasteiger partial charge in [-0.15, -0.1) is 0 Å². The van der Waals surface area contributed by atoms with Crippen molar-refractivity contribution in [3.05, 3.63) is 52.9 Å². The molecule has 24 heavy (non-hydrogen) atoms. The summed E-state index contributed by atoms with van der Waals surface area (Å²) in [5, 5.41) is 17.2. The predicted octanol–water partition coefficient (Wildman–Crippen LogP) is 2.58. The monoisotopic (exact) mass is 337 g/mol. The molecule has 130 valence electrons. The van der Waals surface area contributed by atoms with Crippen molar-refractivity contribution in [2.45, 2.75) is 45.9 Å². The maximum Gasteiger partial charge on any atom is 0.244 e. The number of nitrogens with one attached hydrogen (secondary N) is 1. The number of rotatable bonds is 5. The van der Waals surface area contributed by atoms with E-state index in [1.165, 1.54) is 6.07 Å². The van der Waals surface area contributed by atoms with E-state index < -0.39 is 29.8 Å². The van der Waals surface area contributed by atoms with Gasteiger partial charge in [0.25, 0.3) is 0 Å². The van der Waals surface area contributed by atoms with Crippen molar-refractivity contribution in [2.75, 3.05) is 0 Å². The number of carbonyl (C=O) groups is 1. The van der Waals surface area contributed by atoms with Gasteiger partial charge in [0, 0.05) is 5.69 Å². The highest BCUT2D eigenvalue weighted by molar-refractivity contribution is 5.80. The Bertz CT molecular complexity index is 745. The molecule has 1 aromatic heterocycles. The van der Waals surface area contributed by atoms with Crippen LogP contribution in [0, 0.1) is 25.5 Å². The largest absolute Gasteiger partial charge is 0.386 e. The first-order valence-electron chi connectivity index (χ1n) is 7.67. The molecule has 2 N–H and O–H groups in total. The third-order valence-electron chi connectivity index (χ3n) is 3.92. The first-order chi connectivity index (χ1) is 11.2. The van der Waals surface area contributed by atoms with E-state index in [9.17, 15) is 18.7 Å². The number of carbonyl (C=O) groups excluding carboxylic acids is 1. The Kier molecular flexibility index (Phi) is 5.33. The number of nitrogens with zero attached hydrogens (tertiary/aromatic N) is 2. The summed E-state index contributed by atoms with van der Waals surface area (Å²) in [7, 11) is 0. The van der Waals surface area contributed by atoms with Crippen LogP contribution in [0.25, 0.3) is 0 Å². The molecule has 3 unspecified atom stereocenters. The molecule has 5 nitrogen and oxygen atoms in total. The molecule has 0 radical (unpaired) electrons. The number of benzene rings is 1. The van der Waals surface area contributed by atoms with Crippen LogP contribution in [-0.4, -0.2) is 26.8 Å². The number of halogens is 2. The Balaban J connectivity index is 2.07. The Hall–Kier alpha value is -2.28. The molecule has 1 amide bonds. The van der Waals surface area contributed by atoms with Gasteiger partial charge < -0.3 is 10.4 Å². The molecule has 7 heteroatoms. The second kappa shape index (κ2) is 7.09. The summed E-state index contributed by atoms with van der Waals surface area (Å²) in [6, 6.07) is 3.79. The molecule has 0 spiro atoms. The second-order valence-corrected chi connectivity index (χ2v) is 5.96. The van der Waals surface area contributed by atoms with Crippen LogP contribution >= 0.6 is 0 Å². The number of aromatic nitrogens is 2. The Morgan fingerprint density at radius 3 is 2.42 bits per heavy atom. The zero-order valence-electron chi connectivity index (χ0n) is 14.0. The fraction of sp³-hybridized carbons (Fsp3) is 0.412. The van der Waals surface area contributed by atoms with Crippen molar-refractivity contribution in [1.29, 1.82) is 0 Å². The first-order valence-corrected chi connectivity index (χ1v) is 7.67. The van der Waals surface area contributed by atoms with E-state index in [2.05, 4.69) is 10.4 Å². The van der Waals surface area contributed by atoms with Gasteiger partial charge in [-0.05, 0) is 51.5 Å². The molecule has 0 bridgehead atoms. The molecular formula is C17H21F2N3O2. The number of aliphatic hydroxyl groups excluding tert-OH is 1. The lowest BCUT2D eigenvalue weighted by Gasteiger charge is -2.23. The van der Waals surface area contributed by atoms with Crippen molar-refractivity contribution in [3.8, 4) is 0 Å². The van der Waals surface area contributed by atoms with E-state index in [4.69, 9.17) is 0 Å². The lowest BCUT2D eigenvalue weighted by molar-refractivity contribution is -0.125. The Morgan fingerprint density at radius 1 is 1.21 bits per heavy atom. The minimum atomic E-state index is -1.16. The van der Waals surface area contributed by atoms with E-state index in [1.54, 1.807) is 18.5 Å². The molecule has 2 rings (SSSR count). The van der Waals surface area contributed by atoms with Crippen LogP contribution in [0.2, 0.25) is 0 Å². The lowest BCUT2D eigenvalue weighted by atomic mass is 10.0. The average Bonchev–Trinajstić information content (AvgIpc) is 2.86. The summed E-state index contributed by atoms with van der Waals surface area (Å²) < 4.78 is 27.8. The maximum atomic E-state index is 13.3. The summed E-state index contributed by atoms with van der Waals surface area (Å²) in [6.45, 7) is 6.98. The van der Waals surface area contributed by atoms with Crippen molar-refractivity contribution < 1.29 is 18.7 Å². The predicted molar refractivity (Wildman–Crippen MR) is 85.3 cm³/mol. The van der Waals surface area contributed by atoms with Gasteiger partial charge in [-0.1, -0.05) is 6.07 Å². The smallest absolute Gasteiger partial charge is 0.244 e. The van der Waals surface area contributed by atoms with E-state index in [0.717, 1.165) is 23.5 Å². The summed E-state index contributed by atoms with van der Waals surface area (Å²) in [5.74, 6) is -2.35. The average molecular weight is 337 g/mol. The number of aliphatic hydroxyl groups is 1. The van der Waals surface area contributed by atoms with Gasteiger partial charge in [-0.25, -0.2) is 8.78 Å². The van der Waals surface area contributed by atoms with Crippen LogP contribution in [0.5, 0.6) is 0 Å². The number of hydrogen-bond donors (Lipinski definition) is 2. The van der Waals surface area contributed by atoms with Gasteiger partial charge in [0.1, 0.15) is 6.04 Å². The highest BCUT2D eigenvalue weighted by Gasteiger charge is 2.24. The number of amides is 1. The van der Waals surface area contributed by atoms with Gasteiger partial charge in [0.05, 0.1) is 17.8 Å². The highest BCUT2D eigenvalue weighted by Crippen LogP contribution is 2.20. The van der Waals surface area contributed by atoms with Gasteiger partial charge >= 0.3 is 0 Å².